The Bertz CT molecular complexity index is 572. The Labute approximate surface area is 120 Å². The molecule has 0 aliphatic heterocycles. The highest BCUT2D eigenvalue weighted by atomic mass is 16.5. The number of aromatic nitrogens is 3. The van der Waals surface area contributed by atoms with Crippen LogP contribution in [0.15, 0.2) is 18.3 Å². The van der Waals surface area contributed by atoms with Crippen molar-refractivity contribution in [3.05, 3.63) is 35.3 Å². The molecule has 0 bridgehead atoms. The SMILES string of the molecule is Cc1nn(C)c(C)c1Oc1ccc(CNC(C)C)cn1. The van der Waals surface area contributed by atoms with Crippen LogP contribution in [0.5, 0.6) is 11.6 Å². The maximum absolute atomic E-state index is 5.83. The molecule has 2 aromatic rings. The van der Waals surface area contributed by atoms with Crippen molar-refractivity contribution in [2.45, 2.75) is 40.3 Å². The molecule has 0 saturated heterocycles. The summed E-state index contributed by atoms with van der Waals surface area (Å²) in [6, 6.07) is 4.38. The first-order valence-electron chi connectivity index (χ1n) is 6.83. The van der Waals surface area contributed by atoms with Crippen molar-refractivity contribution < 1.29 is 4.74 Å². The third kappa shape index (κ3) is 3.36. The third-order valence-corrected chi connectivity index (χ3v) is 3.16. The summed E-state index contributed by atoms with van der Waals surface area (Å²) in [4.78, 5) is 4.34. The lowest BCUT2D eigenvalue weighted by molar-refractivity contribution is 0.454. The molecule has 2 aromatic heterocycles. The number of hydrogen-bond donors (Lipinski definition) is 1. The van der Waals surface area contributed by atoms with Gasteiger partial charge in [-0.15, -0.1) is 0 Å². The molecule has 0 amide bonds. The van der Waals surface area contributed by atoms with Gasteiger partial charge in [-0.3, -0.25) is 4.68 Å². The predicted molar refractivity (Wildman–Crippen MR) is 79.0 cm³/mol. The van der Waals surface area contributed by atoms with Crippen LogP contribution in [-0.4, -0.2) is 20.8 Å². The van der Waals surface area contributed by atoms with Crippen LogP contribution in [-0.2, 0) is 13.6 Å². The second-order valence-corrected chi connectivity index (χ2v) is 5.27. The van der Waals surface area contributed by atoms with Gasteiger partial charge >= 0.3 is 0 Å². The normalized spacial score (nSPS) is 11.1. The molecule has 2 rings (SSSR count). The van der Waals surface area contributed by atoms with Crippen LogP contribution in [0.4, 0.5) is 0 Å². The van der Waals surface area contributed by atoms with E-state index >= 15 is 0 Å². The second kappa shape index (κ2) is 6.05. The van der Waals surface area contributed by atoms with E-state index in [1.54, 1.807) is 0 Å². The molecular weight excluding hydrogens is 252 g/mol. The van der Waals surface area contributed by atoms with E-state index < -0.39 is 0 Å². The highest BCUT2D eigenvalue weighted by Gasteiger charge is 2.12. The van der Waals surface area contributed by atoms with Gasteiger partial charge in [0, 0.05) is 31.9 Å². The van der Waals surface area contributed by atoms with E-state index in [1.807, 2.05) is 43.9 Å². The van der Waals surface area contributed by atoms with Gasteiger partial charge in [0.2, 0.25) is 5.88 Å². The smallest absolute Gasteiger partial charge is 0.219 e. The second-order valence-electron chi connectivity index (χ2n) is 5.27. The molecule has 0 unspecified atom stereocenters. The zero-order chi connectivity index (χ0) is 14.7. The van der Waals surface area contributed by atoms with E-state index in [1.165, 1.54) is 0 Å². The van der Waals surface area contributed by atoms with Gasteiger partial charge in [0.25, 0.3) is 0 Å². The molecule has 0 spiro atoms. The van der Waals surface area contributed by atoms with Crippen molar-refractivity contribution in [3.8, 4) is 11.6 Å². The number of pyridine rings is 1. The van der Waals surface area contributed by atoms with Gasteiger partial charge in [0.1, 0.15) is 5.69 Å². The van der Waals surface area contributed by atoms with Crippen molar-refractivity contribution in [1.82, 2.24) is 20.1 Å². The Kier molecular flexibility index (Phi) is 4.39. The molecule has 0 fully saturated rings. The molecule has 0 aromatic carbocycles. The van der Waals surface area contributed by atoms with E-state index in [0.29, 0.717) is 11.9 Å². The van der Waals surface area contributed by atoms with Crippen molar-refractivity contribution in [2.24, 2.45) is 7.05 Å². The molecule has 0 radical (unpaired) electrons. The average molecular weight is 274 g/mol. The maximum Gasteiger partial charge on any atom is 0.219 e. The summed E-state index contributed by atoms with van der Waals surface area (Å²) in [5, 5.41) is 7.69. The number of hydrogen-bond acceptors (Lipinski definition) is 4. The molecule has 5 nitrogen and oxygen atoms in total. The van der Waals surface area contributed by atoms with Crippen LogP contribution in [0.3, 0.4) is 0 Å². The quantitative estimate of drug-likeness (QED) is 0.911. The predicted octanol–water partition coefficient (Wildman–Crippen LogP) is 2.72. The van der Waals surface area contributed by atoms with Crippen LogP contribution in [0.2, 0.25) is 0 Å². The first kappa shape index (κ1) is 14.5. The highest BCUT2D eigenvalue weighted by Crippen LogP contribution is 2.26. The third-order valence-electron chi connectivity index (χ3n) is 3.16. The van der Waals surface area contributed by atoms with E-state index in [2.05, 4.69) is 29.2 Å². The van der Waals surface area contributed by atoms with Crippen LogP contribution >= 0.6 is 0 Å². The van der Waals surface area contributed by atoms with E-state index in [9.17, 15) is 0 Å². The van der Waals surface area contributed by atoms with Crippen LogP contribution in [0, 0.1) is 13.8 Å². The van der Waals surface area contributed by atoms with Crippen molar-refractivity contribution in [1.29, 1.82) is 0 Å². The summed E-state index contributed by atoms with van der Waals surface area (Å²) >= 11 is 0. The van der Waals surface area contributed by atoms with Crippen LogP contribution in [0.1, 0.15) is 30.8 Å². The van der Waals surface area contributed by atoms with E-state index in [0.717, 1.165) is 29.2 Å². The largest absolute Gasteiger partial charge is 0.435 e. The minimum absolute atomic E-state index is 0.464. The fraction of sp³-hybridized carbons (Fsp3) is 0.467. The first-order chi connectivity index (χ1) is 9.47. The van der Waals surface area contributed by atoms with Gasteiger partial charge in [-0.05, 0) is 19.4 Å². The number of aryl methyl sites for hydroxylation is 2. The standard InChI is InChI=1S/C15H22N4O/c1-10(2)16-8-13-6-7-14(17-9-13)20-15-11(3)18-19(5)12(15)4/h6-7,9-10,16H,8H2,1-5H3. The average Bonchev–Trinajstić information content (AvgIpc) is 2.64. The summed E-state index contributed by atoms with van der Waals surface area (Å²) in [6.07, 6.45) is 1.84. The summed E-state index contributed by atoms with van der Waals surface area (Å²) in [7, 11) is 1.91. The van der Waals surface area contributed by atoms with E-state index in [-0.39, 0.29) is 0 Å². The molecule has 0 saturated carbocycles. The molecule has 0 aliphatic carbocycles. The van der Waals surface area contributed by atoms with Gasteiger partial charge in [-0.1, -0.05) is 19.9 Å². The molecule has 0 aliphatic rings. The van der Waals surface area contributed by atoms with Gasteiger partial charge in [-0.25, -0.2) is 4.98 Å². The fourth-order valence-corrected chi connectivity index (χ4v) is 1.90. The van der Waals surface area contributed by atoms with Crippen molar-refractivity contribution in [2.75, 3.05) is 0 Å². The number of ether oxygens (including phenoxy) is 1. The minimum Gasteiger partial charge on any atom is -0.435 e. The number of rotatable bonds is 5. The van der Waals surface area contributed by atoms with Gasteiger partial charge < -0.3 is 10.1 Å². The topological polar surface area (TPSA) is 52.0 Å². The summed E-state index contributed by atoms with van der Waals surface area (Å²) in [5.74, 6) is 1.38. The highest BCUT2D eigenvalue weighted by molar-refractivity contribution is 5.35. The molecule has 5 heteroatoms. The first-order valence-corrected chi connectivity index (χ1v) is 6.83. The van der Waals surface area contributed by atoms with Gasteiger partial charge in [0.15, 0.2) is 5.75 Å². The lowest BCUT2D eigenvalue weighted by Gasteiger charge is -2.09. The van der Waals surface area contributed by atoms with Gasteiger partial charge in [0.05, 0.1) is 5.69 Å². The Morgan fingerprint density at radius 1 is 1.30 bits per heavy atom. The Morgan fingerprint density at radius 2 is 2.05 bits per heavy atom. The number of nitrogens with zero attached hydrogens (tertiary/aromatic N) is 3. The van der Waals surface area contributed by atoms with Crippen LogP contribution < -0.4 is 10.1 Å². The zero-order valence-corrected chi connectivity index (χ0v) is 12.8. The molecule has 0 atom stereocenters. The molecule has 2 heterocycles. The van der Waals surface area contributed by atoms with Crippen molar-refractivity contribution >= 4 is 0 Å². The summed E-state index contributed by atoms with van der Waals surface area (Å²) in [5.41, 5.74) is 3.01. The maximum atomic E-state index is 5.83. The summed E-state index contributed by atoms with van der Waals surface area (Å²) in [6.45, 7) is 8.98. The summed E-state index contributed by atoms with van der Waals surface area (Å²) < 4.78 is 7.64. The molecule has 20 heavy (non-hydrogen) atoms. The van der Waals surface area contributed by atoms with E-state index in [4.69, 9.17) is 4.74 Å². The van der Waals surface area contributed by atoms with Gasteiger partial charge in [-0.2, -0.15) is 5.10 Å². The zero-order valence-electron chi connectivity index (χ0n) is 12.8. The Balaban J connectivity index is 2.07. The van der Waals surface area contributed by atoms with Crippen molar-refractivity contribution in [3.63, 3.8) is 0 Å². The minimum atomic E-state index is 0.464. The Hall–Kier alpha value is -1.88. The number of nitrogens with one attached hydrogen (secondary N) is 1. The monoisotopic (exact) mass is 274 g/mol. The molecular formula is C15H22N4O. The molecule has 1 N–H and O–H groups in total. The molecule has 108 valence electrons. The fourth-order valence-electron chi connectivity index (χ4n) is 1.90. The van der Waals surface area contributed by atoms with Crippen LogP contribution in [0.25, 0.3) is 0 Å². The Morgan fingerprint density at radius 3 is 2.55 bits per heavy atom. The lowest BCUT2D eigenvalue weighted by atomic mass is 10.2. The lowest BCUT2D eigenvalue weighted by Crippen LogP contribution is -2.21.